The number of imide groups is 1. The molecule has 0 unspecified atom stereocenters. The van der Waals surface area contributed by atoms with Crippen molar-refractivity contribution in [3.8, 4) is 0 Å². The Balaban J connectivity index is 1.85. The summed E-state index contributed by atoms with van der Waals surface area (Å²) >= 11 is 0. The molecule has 0 atom stereocenters. The van der Waals surface area contributed by atoms with Crippen molar-refractivity contribution in [1.29, 1.82) is 0 Å². The molecule has 0 fully saturated rings. The highest BCUT2D eigenvalue weighted by Gasteiger charge is 2.40. The first-order chi connectivity index (χ1) is 14.0. The first-order valence-electron chi connectivity index (χ1n) is 9.24. The van der Waals surface area contributed by atoms with Gasteiger partial charge in [-0.2, -0.15) is 0 Å². The minimum Gasteiger partial charge on any atom is -0.350 e. The van der Waals surface area contributed by atoms with Gasteiger partial charge in [-0.15, -0.1) is 0 Å². The monoisotopic (exact) mass is 386 g/mol. The fourth-order valence-electron chi connectivity index (χ4n) is 3.36. The predicted octanol–water partition coefficient (Wildman–Crippen LogP) is 4.84. The largest absolute Gasteiger partial charge is 0.350 e. The fourth-order valence-corrected chi connectivity index (χ4v) is 3.36. The Morgan fingerprint density at radius 1 is 0.793 bits per heavy atom. The number of hydrogen-bond donors (Lipinski definition) is 1. The third-order valence-electron chi connectivity index (χ3n) is 5.10. The van der Waals surface area contributed by atoms with Crippen LogP contribution in [0.1, 0.15) is 16.7 Å². The number of amides is 2. The zero-order chi connectivity index (χ0) is 20.5. The molecule has 5 heteroatoms. The number of carbonyl (C=O) groups excluding carboxylic acids is 2. The first kappa shape index (κ1) is 18.6. The molecule has 29 heavy (non-hydrogen) atoms. The van der Waals surface area contributed by atoms with Gasteiger partial charge in [-0.05, 0) is 60.9 Å². The summed E-state index contributed by atoms with van der Waals surface area (Å²) in [6.07, 6.45) is 0. The number of carbonyl (C=O) groups is 2. The van der Waals surface area contributed by atoms with Gasteiger partial charge in [-0.3, -0.25) is 9.59 Å². The van der Waals surface area contributed by atoms with Gasteiger partial charge in [0.25, 0.3) is 11.8 Å². The van der Waals surface area contributed by atoms with Gasteiger partial charge in [-0.1, -0.05) is 42.5 Å². The molecule has 0 radical (unpaired) electrons. The van der Waals surface area contributed by atoms with Crippen LogP contribution in [-0.2, 0) is 9.59 Å². The Hall–Kier alpha value is -3.73. The number of halogens is 1. The second-order valence-corrected chi connectivity index (χ2v) is 6.91. The second-order valence-electron chi connectivity index (χ2n) is 6.91. The highest BCUT2D eigenvalue weighted by Crippen LogP contribution is 2.34. The average molecular weight is 386 g/mol. The minimum atomic E-state index is -0.444. The van der Waals surface area contributed by atoms with Gasteiger partial charge in [-0.25, -0.2) is 9.29 Å². The van der Waals surface area contributed by atoms with Crippen LogP contribution in [0.2, 0.25) is 0 Å². The van der Waals surface area contributed by atoms with Gasteiger partial charge in [0.05, 0.1) is 11.3 Å². The number of anilines is 2. The summed E-state index contributed by atoms with van der Waals surface area (Å²) in [5.41, 5.74) is 4.16. The molecule has 0 saturated carbocycles. The number of para-hydroxylation sites is 1. The summed E-state index contributed by atoms with van der Waals surface area (Å²) in [5, 5.41) is 3.17. The summed E-state index contributed by atoms with van der Waals surface area (Å²) in [5.74, 6) is -1.29. The molecular weight excluding hydrogens is 367 g/mol. The highest BCUT2D eigenvalue weighted by molar-refractivity contribution is 6.46. The van der Waals surface area contributed by atoms with Gasteiger partial charge >= 0.3 is 0 Å². The van der Waals surface area contributed by atoms with Crippen molar-refractivity contribution in [2.75, 3.05) is 10.2 Å². The van der Waals surface area contributed by atoms with Crippen molar-refractivity contribution in [1.82, 2.24) is 0 Å². The molecule has 0 bridgehead atoms. The Morgan fingerprint density at radius 3 is 2.17 bits per heavy atom. The van der Waals surface area contributed by atoms with Crippen LogP contribution in [0.4, 0.5) is 15.8 Å². The lowest BCUT2D eigenvalue weighted by Crippen LogP contribution is -2.32. The van der Waals surface area contributed by atoms with Gasteiger partial charge in [0.1, 0.15) is 11.5 Å². The quantitative estimate of drug-likeness (QED) is 0.653. The average Bonchev–Trinajstić information content (AvgIpc) is 2.96. The van der Waals surface area contributed by atoms with Crippen molar-refractivity contribution < 1.29 is 14.0 Å². The molecule has 0 spiro atoms. The van der Waals surface area contributed by atoms with E-state index in [1.165, 1.54) is 24.3 Å². The van der Waals surface area contributed by atoms with Crippen LogP contribution >= 0.6 is 0 Å². The molecule has 1 aliphatic rings. The molecule has 3 aromatic carbocycles. The van der Waals surface area contributed by atoms with Crippen LogP contribution in [0.15, 0.2) is 78.5 Å². The van der Waals surface area contributed by atoms with Crippen LogP contribution in [0.3, 0.4) is 0 Å². The maximum Gasteiger partial charge on any atom is 0.282 e. The van der Waals surface area contributed by atoms with Gasteiger partial charge in [0.2, 0.25) is 0 Å². The Morgan fingerprint density at radius 2 is 1.48 bits per heavy atom. The molecule has 4 nitrogen and oxygen atoms in total. The van der Waals surface area contributed by atoms with E-state index in [1.54, 1.807) is 24.3 Å². The van der Waals surface area contributed by atoms with Crippen LogP contribution < -0.4 is 10.2 Å². The molecule has 0 saturated heterocycles. The number of hydrogen-bond acceptors (Lipinski definition) is 3. The minimum absolute atomic E-state index is 0.180. The topological polar surface area (TPSA) is 49.4 Å². The normalized spacial score (nSPS) is 14.0. The van der Waals surface area contributed by atoms with E-state index < -0.39 is 17.6 Å². The van der Waals surface area contributed by atoms with Gasteiger partial charge in [0.15, 0.2) is 0 Å². The summed E-state index contributed by atoms with van der Waals surface area (Å²) in [6.45, 7) is 3.93. The number of rotatable bonds is 4. The summed E-state index contributed by atoms with van der Waals surface area (Å²) in [7, 11) is 0. The number of nitrogens with zero attached hydrogens (tertiary/aromatic N) is 1. The van der Waals surface area contributed by atoms with E-state index in [2.05, 4.69) is 5.32 Å². The Labute approximate surface area is 168 Å². The van der Waals surface area contributed by atoms with Crippen LogP contribution in [0.5, 0.6) is 0 Å². The lowest BCUT2D eigenvalue weighted by atomic mass is 10.0. The van der Waals surface area contributed by atoms with E-state index in [0.29, 0.717) is 11.3 Å². The summed E-state index contributed by atoms with van der Waals surface area (Å²) in [4.78, 5) is 27.7. The van der Waals surface area contributed by atoms with Crippen molar-refractivity contribution in [2.24, 2.45) is 0 Å². The third kappa shape index (κ3) is 3.31. The lowest BCUT2D eigenvalue weighted by molar-refractivity contribution is -0.120. The third-order valence-corrected chi connectivity index (χ3v) is 5.10. The van der Waals surface area contributed by atoms with Crippen molar-refractivity contribution >= 4 is 28.8 Å². The zero-order valence-corrected chi connectivity index (χ0v) is 16.1. The molecule has 0 aliphatic carbocycles. The van der Waals surface area contributed by atoms with E-state index in [0.717, 1.165) is 21.7 Å². The first-order valence-corrected chi connectivity index (χ1v) is 9.24. The maximum absolute atomic E-state index is 13.4. The molecule has 0 aromatic heterocycles. The number of aryl methyl sites for hydroxylation is 1. The van der Waals surface area contributed by atoms with Crippen LogP contribution in [-0.4, -0.2) is 11.8 Å². The van der Waals surface area contributed by atoms with Crippen molar-refractivity contribution in [3.05, 3.63) is 101 Å². The number of nitrogens with one attached hydrogen (secondary N) is 1. The molecule has 2 amide bonds. The van der Waals surface area contributed by atoms with E-state index in [-0.39, 0.29) is 11.3 Å². The zero-order valence-electron chi connectivity index (χ0n) is 16.1. The smallest absolute Gasteiger partial charge is 0.282 e. The molecular formula is C24H19FN2O2. The van der Waals surface area contributed by atoms with Crippen molar-refractivity contribution in [3.63, 3.8) is 0 Å². The van der Waals surface area contributed by atoms with E-state index in [9.17, 15) is 14.0 Å². The predicted molar refractivity (Wildman–Crippen MR) is 112 cm³/mol. The Bertz CT molecular complexity index is 1140. The van der Waals surface area contributed by atoms with E-state index in [1.807, 2.05) is 38.1 Å². The van der Waals surface area contributed by atoms with Crippen LogP contribution in [0, 0.1) is 19.7 Å². The molecule has 1 heterocycles. The molecule has 1 N–H and O–H groups in total. The second kappa shape index (κ2) is 7.36. The van der Waals surface area contributed by atoms with Gasteiger partial charge < -0.3 is 5.32 Å². The van der Waals surface area contributed by atoms with E-state index >= 15 is 0 Å². The van der Waals surface area contributed by atoms with Crippen LogP contribution in [0.25, 0.3) is 5.57 Å². The molecule has 1 aliphatic heterocycles. The maximum atomic E-state index is 13.4. The van der Waals surface area contributed by atoms with Crippen molar-refractivity contribution in [2.45, 2.75) is 13.8 Å². The summed E-state index contributed by atoms with van der Waals surface area (Å²) < 4.78 is 13.4. The number of benzene rings is 3. The fraction of sp³-hybridized carbons (Fsp3) is 0.0833. The molecule has 4 rings (SSSR count). The van der Waals surface area contributed by atoms with E-state index in [4.69, 9.17) is 0 Å². The molecule has 3 aromatic rings. The standard InChI is InChI=1S/C24H19FN2O2/c1-15-7-6-10-20(16(15)2)26-22-21(17-11-13-18(25)14-12-17)23(28)27(24(22)29)19-8-4-3-5-9-19/h3-14,26H,1-2H3. The summed E-state index contributed by atoms with van der Waals surface area (Å²) in [6, 6.07) is 20.1. The molecule has 144 valence electrons. The Kier molecular flexibility index (Phi) is 4.72. The highest BCUT2D eigenvalue weighted by atomic mass is 19.1. The SMILES string of the molecule is Cc1cccc(NC2=C(c3ccc(F)cc3)C(=O)N(c3ccccc3)C2=O)c1C. The lowest BCUT2D eigenvalue weighted by Gasteiger charge is -2.16. The van der Waals surface area contributed by atoms with Gasteiger partial charge in [0, 0.05) is 5.69 Å².